The molecule has 0 unspecified atom stereocenters. The first kappa shape index (κ1) is 27.6. The van der Waals surface area contributed by atoms with E-state index in [9.17, 15) is 5.26 Å². The Bertz CT molecular complexity index is 1840. The zero-order valence-corrected chi connectivity index (χ0v) is 23.2. The molecule has 1 heterocycles. The van der Waals surface area contributed by atoms with Crippen molar-refractivity contribution in [3.63, 3.8) is 0 Å². The highest BCUT2D eigenvalue weighted by Gasteiger charge is 2.10. The first-order valence-electron chi connectivity index (χ1n) is 13.4. The number of benzene rings is 4. The first-order chi connectivity index (χ1) is 20.6. The largest absolute Gasteiger partial charge is 0.496 e. The molecule has 0 saturated carbocycles. The van der Waals surface area contributed by atoms with Crippen LogP contribution in [0.3, 0.4) is 0 Å². The molecule has 0 saturated heterocycles. The summed E-state index contributed by atoms with van der Waals surface area (Å²) in [7, 11) is 1.69. The summed E-state index contributed by atoms with van der Waals surface area (Å²) in [5, 5.41) is 18.3. The van der Waals surface area contributed by atoms with Crippen molar-refractivity contribution in [3.05, 3.63) is 144 Å². The highest BCUT2D eigenvalue weighted by Crippen LogP contribution is 2.35. The Hall–Kier alpha value is -5.91. The Kier molecular flexibility index (Phi) is 8.53. The van der Waals surface area contributed by atoms with Gasteiger partial charge in [-0.1, -0.05) is 91.0 Å². The Morgan fingerprint density at radius 2 is 1.36 bits per heavy atom. The predicted octanol–water partition coefficient (Wildman–Crippen LogP) is 8.09. The van der Waals surface area contributed by atoms with Crippen molar-refractivity contribution in [2.24, 2.45) is 5.73 Å². The lowest BCUT2D eigenvalue weighted by molar-refractivity contribution is 0.416. The second kappa shape index (κ2) is 13.0. The molecule has 0 aliphatic rings. The lowest BCUT2D eigenvalue weighted by Gasteiger charge is -2.12. The minimum atomic E-state index is 0.551. The Morgan fingerprint density at radius 1 is 0.762 bits per heavy atom. The summed E-state index contributed by atoms with van der Waals surface area (Å²) in [4.78, 5) is 4.40. The van der Waals surface area contributed by atoms with Crippen molar-refractivity contribution in [1.29, 1.82) is 10.5 Å². The molecule has 1 aromatic heterocycles. The Morgan fingerprint density at radius 3 is 1.98 bits per heavy atom. The molecule has 0 bridgehead atoms. The van der Waals surface area contributed by atoms with E-state index in [1.807, 2.05) is 18.2 Å². The fourth-order valence-corrected chi connectivity index (χ4v) is 4.76. The zero-order chi connectivity index (χ0) is 29.3. The van der Waals surface area contributed by atoms with Crippen LogP contribution in [0.15, 0.2) is 133 Å². The molecular weight excluding hydrogens is 516 g/mol. The molecule has 0 aliphatic carbocycles. The molecule has 5 aromatic rings. The monoisotopic (exact) mass is 544 g/mol. The van der Waals surface area contributed by atoms with Crippen LogP contribution < -0.4 is 10.5 Å². The quantitative estimate of drug-likeness (QED) is 0.157. The van der Waals surface area contributed by atoms with Gasteiger partial charge in [0.2, 0.25) is 0 Å². The SMILES string of the molecule is COc1cc(-c2ccc(-c3cc(C#N)ccn3)cc2)ccc1-c1ccc(-c2ccc(C/C=C(C#N)\C=C/N)cc2)cc1. The molecule has 0 amide bonds. The number of nitrogens with two attached hydrogens (primary N) is 1. The normalized spacial score (nSPS) is 11.2. The van der Waals surface area contributed by atoms with Crippen molar-refractivity contribution in [3.8, 4) is 62.5 Å². The topological polar surface area (TPSA) is 95.7 Å². The van der Waals surface area contributed by atoms with E-state index in [4.69, 9.17) is 15.7 Å². The highest BCUT2D eigenvalue weighted by atomic mass is 16.5. The molecule has 0 aliphatic heterocycles. The molecule has 42 heavy (non-hydrogen) atoms. The number of allylic oxidation sites excluding steroid dienone is 3. The van der Waals surface area contributed by atoms with Gasteiger partial charge in [0, 0.05) is 22.9 Å². The summed E-state index contributed by atoms with van der Waals surface area (Å²) in [5.41, 5.74) is 15.8. The van der Waals surface area contributed by atoms with E-state index in [-0.39, 0.29) is 0 Å². The number of methoxy groups -OCH3 is 1. The third-order valence-electron chi connectivity index (χ3n) is 7.05. The summed E-state index contributed by atoms with van der Waals surface area (Å²) < 4.78 is 5.80. The van der Waals surface area contributed by atoms with Gasteiger partial charge in [0.15, 0.2) is 0 Å². The van der Waals surface area contributed by atoms with Crippen LogP contribution in [0, 0.1) is 22.7 Å². The van der Waals surface area contributed by atoms with Crippen LogP contribution in [-0.4, -0.2) is 12.1 Å². The van der Waals surface area contributed by atoms with Gasteiger partial charge in [0.05, 0.1) is 30.5 Å². The standard InChI is InChI=1S/C37H28N4O/c1-42-37-23-34(31-10-14-33(15-11-31)36-22-28(25-40)19-21-41-36)16-17-35(37)32-12-8-30(9-13-32)29-6-4-26(5-7-29)2-3-27(24-39)18-20-38/h3-23H,2,38H2,1H3/b20-18-,27-3+. The molecule has 5 rings (SSSR count). The van der Waals surface area contributed by atoms with Crippen molar-refractivity contribution in [2.45, 2.75) is 6.42 Å². The van der Waals surface area contributed by atoms with Gasteiger partial charge in [-0.25, -0.2) is 0 Å². The molecule has 202 valence electrons. The van der Waals surface area contributed by atoms with Gasteiger partial charge in [-0.15, -0.1) is 0 Å². The van der Waals surface area contributed by atoms with Gasteiger partial charge in [-0.3, -0.25) is 4.98 Å². The van der Waals surface area contributed by atoms with Crippen molar-refractivity contribution in [2.75, 3.05) is 7.11 Å². The zero-order valence-electron chi connectivity index (χ0n) is 23.2. The van der Waals surface area contributed by atoms with Crippen molar-refractivity contribution in [1.82, 2.24) is 4.98 Å². The van der Waals surface area contributed by atoms with Crippen molar-refractivity contribution >= 4 is 0 Å². The Balaban J connectivity index is 1.32. The molecule has 0 fully saturated rings. The number of rotatable bonds is 8. The maximum Gasteiger partial charge on any atom is 0.127 e. The summed E-state index contributed by atoms with van der Waals surface area (Å²) in [6.45, 7) is 0. The molecule has 0 radical (unpaired) electrons. The van der Waals surface area contributed by atoms with Crippen molar-refractivity contribution < 1.29 is 4.74 Å². The lowest BCUT2D eigenvalue weighted by atomic mass is 9.96. The molecule has 0 atom stereocenters. The van der Waals surface area contributed by atoms with Crippen LogP contribution in [0.5, 0.6) is 5.75 Å². The number of ether oxygens (including phenoxy) is 1. The van der Waals surface area contributed by atoms with Crippen LogP contribution in [0.2, 0.25) is 0 Å². The van der Waals surface area contributed by atoms with Gasteiger partial charge < -0.3 is 10.5 Å². The van der Waals surface area contributed by atoms with Gasteiger partial charge in [0.25, 0.3) is 0 Å². The molecule has 0 spiro atoms. The summed E-state index contributed by atoms with van der Waals surface area (Å²) >= 11 is 0. The predicted molar refractivity (Wildman–Crippen MR) is 168 cm³/mol. The number of pyridine rings is 1. The molecule has 4 aromatic carbocycles. The van der Waals surface area contributed by atoms with Crippen LogP contribution in [0.1, 0.15) is 11.1 Å². The maximum absolute atomic E-state index is 9.18. The first-order valence-corrected chi connectivity index (χ1v) is 13.4. The molecule has 5 heteroatoms. The van der Waals surface area contributed by atoms with Gasteiger partial charge in [-0.05, 0) is 70.3 Å². The van der Waals surface area contributed by atoms with Gasteiger partial charge >= 0.3 is 0 Å². The highest BCUT2D eigenvalue weighted by molar-refractivity contribution is 5.79. The van der Waals surface area contributed by atoms with E-state index >= 15 is 0 Å². The van der Waals surface area contributed by atoms with E-state index < -0.39 is 0 Å². The van der Waals surface area contributed by atoms with Crippen LogP contribution >= 0.6 is 0 Å². The molecular formula is C37H28N4O. The number of nitriles is 2. The third-order valence-corrected chi connectivity index (χ3v) is 7.05. The summed E-state index contributed by atoms with van der Waals surface area (Å²) in [6.07, 6.45) is 7.17. The molecule has 2 N–H and O–H groups in total. The van der Waals surface area contributed by atoms with E-state index in [2.05, 4.69) is 96.0 Å². The van der Waals surface area contributed by atoms with Crippen LogP contribution in [-0.2, 0) is 6.42 Å². The van der Waals surface area contributed by atoms with E-state index in [1.165, 1.54) is 6.20 Å². The third kappa shape index (κ3) is 6.28. The number of nitrogens with zero attached hydrogens (tertiary/aromatic N) is 3. The van der Waals surface area contributed by atoms with E-state index in [1.54, 1.807) is 31.5 Å². The smallest absolute Gasteiger partial charge is 0.127 e. The van der Waals surface area contributed by atoms with Gasteiger partial charge in [-0.2, -0.15) is 10.5 Å². The summed E-state index contributed by atoms with van der Waals surface area (Å²) in [5.74, 6) is 0.798. The minimum Gasteiger partial charge on any atom is -0.496 e. The molecule has 5 nitrogen and oxygen atoms in total. The van der Waals surface area contributed by atoms with Crippen LogP contribution in [0.25, 0.3) is 44.6 Å². The van der Waals surface area contributed by atoms with Crippen LogP contribution in [0.4, 0.5) is 0 Å². The van der Waals surface area contributed by atoms with E-state index in [0.29, 0.717) is 17.6 Å². The minimum absolute atomic E-state index is 0.551. The number of hydrogen-bond donors (Lipinski definition) is 1. The fourth-order valence-electron chi connectivity index (χ4n) is 4.76. The van der Waals surface area contributed by atoms with Gasteiger partial charge in [0.1, 0.15) is 5.75 Å². The van der Waals surface area contributed by atoms with E-state index in [0.717, 1.165) is 56.0 Å². The lowest BCUT2D eigenvalue weighted by Crippen LogP contribution is -1.90. The average Bonchev–Trinajstić information content (AvgIpc) is 3.06. The maximum atomic E-state index is 9.18. The fraction of sp³-hybridized carbons (Fsp3) is 0.0541. The second-order valence-electron chi connectivity index (χ2n) is 9.64. The number of hydrogen-bond acceptors (Lipinski definition) is 5. The second-order valence-corrected chi connectivity index (χ2v) is 9.64. The average molecular weight is 545 g/mol. The number of aromatic nitrogens is 1. The Labute approximate surface area is 246 Å². The summed E-state index contributed by atoms with van der Waals surface area (Å²) in [6, 6.07) is 39.0.